The summed E-state index contributed by atoms with van der Waals surface area (Å²) in [4.78, 5) is 10.9. The number of rotatable bonds is 3. The Labute approximate surface area is 110 Å². The standard InChI is InChI=1S/C15H13FO3/c1-9-8-10(6-7-13(9)19-2)11-4-3-5-12(14(11)16)15(17)18/h3-8H,1-2H3,(H,17,18). The second-order valence-corrected chi connectivity index (χ2v) is 4.16. The van der Waals surface area contributed by atoms with E-state index in [9.17, 15) is 9.18 Å². The van der Waals surface area contributed by atoms with E-state index in [-0.39, 0.29) is 11.1 Å². The molecule has 0 aliphatic heterocycles. The third-order valence-corrected chi connectivity index (χ3v) is 2.93. The summed E-state index contributed by atoms with van der Waals surface area (Å²) in [5, 5.41) is 8.91. The number of halogens is 1. The SMILES string of the molecule is COc1ccc(-c2cccc(C(=O)O)c2F)cc1C. The van der Waals surface area contributed by atoms with Gasteiger partial charge in [-0.15, -0.1) is 0 Å². The molecule has 2 aromatic rings. The Balaban J connectivity index is 2.56. The van der Waals surface area contributed by atoms with Gasteiger partial charge >= 0.3 is 5.97 Å². The van der Waals surface area contributed by atoms with E-state index < -0.39 is 11.8 Å². The molecule has 0 bridgehead atoms. The molecule has 1 N–H and O–H groups in total. The Bertz CT molecular complexity index is 635. The van der Waals surface area contributed by atoms with E-state index in [1.54, 1.807) is 31.4 Å². The highest BCUT2D eigenvalue weighted by atomic mass is 19.1. The summed E-state index contributed by atoms with van der Waals surface area (Å²) in [5.74, 6) is -1.29. The Hall–Kier alpha value is -2.36. The van der Waals surface area contributed by atoms with Crippen molar-refractivity contribution in [2.45, 2.75) is 6.92 Å². The molecule has 0 aliphatic carbocycles. The maximum atomic E-state index is 14.1. The number of hydrogen-bond acceptors (Lipinski definition) is 2. The molecule has 0 amide bonds. The molecule has 0 atom stereocenters. The number of aromatic carboxylic acids is 1. The lowest BCUT2D eigenvalue weighted by Crippen LogP contribution is -2.01. The number of carbonyl (C=O) groups is 1. The van der Waals surface area contributed by atoms with Crippen molar-refractivity contribution in [1.82, 2.24) is 0 Å². The predicted molar refractivity (Wildman–Crippen MR) is 70.1 cm³/mol. The average Bonchev–Trinajstić information content (AvgIpc) is 2.38. The number of aryl methyl sites for hydroxylation is 1. The highest BCUT2D eigenvalue weighted by Crippen LogP contribution is 2.29. The molecule has 0 unspecified atom stereocenters. The summed E-state index contributed by atoms with van der Waals surface area (Å²) in [5.41, 5.74) is 1.43. The number of carboxylic acid groups (broad SMARTS) is 1. The summed E-state index contributed by atoms with van der Waals surface area (Å²) in [7, 11) is 1.56. The van der Waals surface area contributed by atoms with Crippen LogP contribution in [0.3, 0.4) is 0 Å². The van der Waals surface area contributed by atoms with Gasteiger partial charge in [0.2, 0.25) is 0 Å². The van der Waals surface area contributed by atoms with Crippen molar-refractivity contribution < 1.29 is 19.0 Å². The number of benzene rings is 2. The van der Waals surface area contributed by atoms with E-state index in [1.165, 1.54) is 12.1 Å². The average molecular weight is 260 g/mol. The maximum absolute atomic E-state index is 14.1. The Morgan fingerprint density at radius 1 is 1.26 bits per heavy atom. The van der Waals surface area contributed by atoms with Crippen molar-refractivity contribution in [3.05, 3.63) is 53.3 Å². The Kier molecular flexibility index (Phi) is 3.51. The van der Waals surface area contributed by atoms with Gasteiger partial charge in [-0.3, -0.25) is 0 Å². The van der Waals surface area contributed by atoms with Gasteiger partial charge in [-0.2, -0.15) is 0 Å². The molecule has 0 saturated heterocycles. The monoisotopic (exact) mass is 260 g/mol. The van der Waals surface area contributed by atoms with E-state index in [0.717, 1.165) is 5.56 Å². The maximum Gasteiger partial charge on any atom is 0.338 e. The predicted octanol–water partition coefficient (Wildman–Crippen LogP) is 3.51. The van der Waals surface area contributed by atoms with Gasteiger partial charge in [-0.25, -0.2) is 9.18 Å². The fourth-order valence-electron chi connectivity index (χ4n) is 1.97. The number of hydrogen-bond donors (Lipinski definition) is 1. The molecule has 3 nitrogen and oxygen atoms in total. The molecular formula is C15H13FO3. The van der Waals surface area contributed by atoms with Gasteiger partial charge in [0.05, 0.1) is 12.7 Å². The van der Waals surface area contributed by atoms with Crippen LogP contribution < -0.4 is 4.74 Å². The largest absolute Gasteiger partial charge is 0.496 e. The van der Waals surface area contributed by atoms with Gasteiger partial charge in [-0.1, -0.05) is 18.2 Å². The minimum atomic E-state index is -1.27. The molecule has 4 heteroatoms. The molecule has 0 saturated carbocycles. The van der Waals surface area contributed by atoms with Gasteiger partial charge in [0.15, 0.2) is 0 Å². The normalized spacial score (nSPS) is 10.3. The first-order chi connectivity index (χ1) is 9.04. The lowest BCUT2D eigenvalue weighted by atomic mass is 10.00. The molecule has 0 fully saturated rings. The summed E-state index contributed by atoms with van der Waals surface area (Å²) in [6.07, 6.45) is 0. The Morgan fingerprint density at radius 3 is 2.58 bits per heavy atom. The minimum absolute atomic E-state index is 0.269. The van der Waals surface area contributed by atoms with Gasteiger partial charge in [0.25, 0.3) is 0 Å². The first-order valence-corrected chi connectivity index (χ1v) is 5.71. The van der Waals surface area contributed by atoms with Crippen LogP contribution in [0.2, 0.25) is 0 Å². The van der Waals surface area contributed by atoms with Gasteiger partial charge in [0, 0.05) is 5.56 Å². The van der Waals surface area contributed by atoms with Crippen LogP contribution in [0.1, 0.15) is 15.9 Å². The van der Waals surface area contributed by atoms with Crippen LogP contribution in [0, 0.1) is 12.7 Å². The van der Waals surface area contributed by atoms with Crippen LogP contribution in [-0.4, -0.2) is 18.2 Å². The molecule has 0 radical (unpaired) electrons. The molecule has 2 aromatic carbocycles. The van der Waals surface area contributed by atoms with Crippen LogP contribution >= 0.6 is 0 Å². The number of methoxy groups -OCH3 is 1. The smallest absolute Gasteiger partial charge is 0.338 e. The first-order valence-electron chi connectivity index (χ1n) is 5.71. The Morgan fingerprint density at radius 2 is 2.00 bits per heavy atom. The van der Waals surface area contributed by atoms with Crippen LogP contribution in [-0.2, 0) is 0 Å². The molecule has 0 heterocycles. The van der Waals surface area contributed by atoms with E-state index in [1.807, 2.05) is 6.92 Å². The molecule has 0 aromatic heterocycles. The quantitative estimate of drug-likeness (QED) is 0.918. The summed E-state index contributed by atoms with van der Waals surface area (Å²) >= 11 is 0. The van der Waals surface area contributed by atoms with Crippen molar-refractivity contribution in [2.75, 3.05) is 7.11 Å². The molecule has 19 heavy (non-hydrogen) atoms. The topological polar surface area (TPSA) is 46.5 Å². The van der Waals surface area contributed by atoms with Crippen molar-refractivity contribution in [3.8, 4) is 16.9 Å². The molecule has 0 spiro atoms. The molecular weight excluding hydrogens is 247 g/mol. The lowest BCUT2D eigenvalue weighted by molar-refractivity contribution is 0.0692. The second-order valence-electron chi connectivity index (χ2n) is 4.16. The van der Waals surface area contributed by atoms with E-state index >= 15 is 0 Å². The summed E-state index contributed by atoms with van der Waals surface area (Å²) in [6, 6.07) is 9.54. The van der Waals surface area contributed by atoms with E-state index in [0.29, 0.717) is 11.3 Å². The third-order valence-electron chi connectivity index (χ3n) is 2.93. The molecule has 0 aliphatic rings. The molecule has 2 rings (SSSR count). The first kappa shape index (κ1) is 13.1. The van der Waals surface area contributed by atoms with Crippen LogP contribution in [0.25, 0.3) is 11.1 Å². The zero-order valence-corrected chi connectivity index (χ0v) is 10.6. The van der Waals surface area contributed by atoms with Gasteiger partial charge in [0.1, 0.15) is 11.6 Å². The van der Waals surface area contributed by atoms with Crippen LogP contribution in [0.4, 0.5) is 4.39 Å². The highest BCUT2D eigenvalue weighted by Gasteiger charge is 2.15. The summed E-state index contributed by atoms with van der Waals surface area (Å²) < 4.78 is 19.3. The van der Waals surface area contributed by atoms with Crippen molar-refractivity contribution in [3.63, 3.8) is 0 Å². The van der Waals surface area contributed by atoms with Crippen LogP contribution in [0.15, 0.2) is 36.4 Å². The van der Waals surface area contributed by atoms with E-state index in [2.05, 4.69) is 0 Å². The second kappa shape index (κ2) is 5.10. The fraction of sp³-hybridized carbons (Fsp3) is 0.133. The minimum Gasteiger partial charge on any atom is -0.496 e. The van der Waals surface area contributed by atoms with Crippen molar-refractivity contribution in [2.24, 2.45) is 0 Å². The zero-order valence-electron chi connectivity index (χ0n) is 10.6. The number of carboxylic acids is 1. The molecule has 98 valence electrons. The van der Waals surface area contributed by atoms with Gasteiger partial charge in [-0.05, 0) is 36.2 Å². The van der Waals surface area contributed by atoms with Crippen molar-refractivity contribution >= 4 is 5.97 Å². The van der Waals surface area contributed by atoms with Gasteiger partial charge < -0.3 is 9.84 Å². The lowest BCUT2D eigenvalue weighted by Gasteiger charge is -2.09. The van der Waals surface area contributed by atoms with Crippen molar-refractivity contribution in [1.29, 1.82) is 0 Å². The third kappa shape index (κ3) is 2.42. The number of ether oxygens (including phenoxy) is 1. The van der Waals surface area contributed by atoms with Crippen LogP contribution in [0.5, 0.6) is 5.75 Å². The van der Waals surface area contributed by atoms with E-state index in [4.69, 9.17) is 9.84 Å². The fourth-order valence-corrected chi connectivity index (χ4v) is 1.97. The summed E-state index contributed by atoms with van der Waals surface area (Å²) in [6.45, 7) is 1.85. The highest BCUT2D eigenvalue weighted by molar-refractivity contribution is 5.90. The zero-order chi connectivity index (χ0) is 14.0.